The van der Waals surface area contributed by atoms with Gasteiger partial charge in [-0.3, -0.25) is 14.6 Å². The molecule has 0 radical (unpaired) electrons. The summed E-state index contributed by atoms with van der Waals surface area (Å²) in [6, 6.07) is 12.3. The van der Waals surface area contributed by atoms with Gasteiger partial charge in [-0.2, -0.15) is 0 Å². The number of benzene rings is 2. The van der Waals surface area contributed by atoms with Gasteiger partial charge in [0.2, 0.25) is 5.91 Å². The monoisotopic (exact) mass is 381 g/mol. The predicted molar refractivity (Wildman–Crippen MR) is 114 cm³/mol. The van der Waals surface area contributed by atoms with Gasteiger partial charge in [-0.05, 0) is 44.0 Å². The Labute approximate surface area is 168 Å². The third-order valence-electron chi connectivity index (χ3n) is 5.54. The number of nitrogens with zero attached hydrogens (tertiary/aromatic N) is 2. The number of rotatable bonds is 6. The molecule has 5 heteroatoms. The van der Waals surface area contributed by atoms with Crippen LogP contribution >= 0.6 is 0 Å². The molecule has 0 atom stereocenters. The molecule has 150 valence electrons. The van der Waals surface area contributed by atoms with E-state index in [0.717, 1.165) is 49.7 Å². The van der Waals surface area contributed by atoms with Crippen molar-refractivity contribution in [3.05, 3.63) is 58.7 Å². The minimum Gasteiger partial charge on any atom is -0.496 e. The first-order valence-electron chi connectivity index (χ1n) is 9.90. The van der Waals surface area contributed by atoms with Crippen molar-refractivity contribution in [3.8, 4) is 5.75 Å². The smallest absolute Gasteiger partial charge is 0.238 e. The highest BCUT2D eigenvalue weighted by atomic mass is 16.5. The van der Waals surface area contributed by atoms with Crippen LogP contribution in [0.3, 0.4) is 0 Å². The molecular weight excluding hydrogens is 350 g/mol. The molecule has 1 N–H and O–H groups in total. The van der Waals surface area contributed by atoms with E-state index in [0.29, 0.717) is 6.54 Å². The topological polar surface area (TPSA) is 44.8 Å². The highest BCUT2D eigenvalue weighted by Crippen LogP contribution is 2.22. The molecule has 1 fully saturated rings. The lowest BCUT2D eigenvalue weighted by Crippen LogP contribution is -2.48. The molecule has 0 aliphatic carbocycles. The molecule has 1 amide bonds. The number of aryl methyl sites for hydroxylation is 2. The van der Waals surface area contributed by atoms with Gasteiger partial charge in [0.25, 0.3) is 0 Å². The van der Waals surface area contributed by atoms with Gasteiger partial charge in [0, 0.05) is 44.0 Å². The van der Waals surface area contributed by atoms with E-state index >= 15 is 0 Å². The fourth-order valence-electron chi connectivity index (χ4n) is 3.66. The maximum absolute atomic E-state index is 12.5. The van der Waals surface area contributed by atoms with E-state index in [4.69, 9.17) is 4.74 Å². The lowest BCUT2D eigenvalue weighted by Gasteiger charge is -2.34. The van der Waals surface area contributed by atoms with Crippen molar-refractivity contribution < 1.29 is 9.53 Å². The molecule has 1 aliphatic heterocycles. The van der Waals surface area contributed by atoms with Crippen LogP contribution in [0.5, 0.6) is 5.75 Å². The molecular formula is C23H31N3O2. The van der Waals surface area contributed by atoms with Gasteiger partial charge in [-0.1, -0.05) is 29.8 Å². The minimum atomic E-state index is 0.0579. The van der Waals surface area contributed by atoms with Crippen LogP contribution in [0.15, 0.2) is 36.4 Å². The zero-order chi connectivity index (χ0) is 20.1. The predicted octanol–water partition coefficient (Wildman–Crippen LogP) is 3.38. The van der Waals surface area contributed by atoms with Crippen LogP contribution in [0.4, 0.5) is 5.69 Å². The van der Waals surface area contributed by atoms with Crippen molar-refractivity contribution >= 4 is 11.6 Å². The summed E-state index contributed by atoms with van der Waals surface area (Å²) < 4.78 is 5.50. The van der Waals surface area contributed by atoms with E-state index in [2.05, 4.69) is 47.2 Å². The SMILES string of the molecule is COc1ccc(C)cc1CN1CCN(CC(=O)Nc2cccc(C)c2C)CC1. The second-order valence-electron chi connectivity index (χ2n) is 7.66. The molecule has 0 aromatic heterocycles. The Kier molecular flexibility index (Phi) is 6.70. The summed E-state index contributed by atoms with van der Waals surface area (Å²) in [5.41, 5.74) is 5.71. The number of carbonyl (C=O) groups is 1. The highest BCUT2D eigenvalue weighted by Gasteiger charge is 2.20. The molecule has 0 spiro atoms. The second-order valence-corrected chi connectivity index (χ2v) is 7.66. The summed E-state index contributed by atoms with van der Waals surface area (Å²) in [6.07, 6.45) is 0. The standard InChI is InChI=1S/C23H31N3O2/c1-17-8-9-22(28-4)20(14-17)15-25-10-12-26(13-11-25)16-23(27)24-21-7-5-6-18(2)19(21)3/h5-9,14H,10-13,15-16H2,1-4H3,(H,24,27). The Bertz CT molecular complexity index is 827. The summed E-state index contributed by atoms with van der Waals surface area (Å²) in [5.74, 6) is 1.00. The molecule has 0 saturated carbocycles. The Balaban J connectivity index is 1.49. The fourth-order valence-corrected chi connectivity index (χ4v) is 3.66. The van der Waals surface area contributed by atoms with E-state index in [1.807, 2.05) is 25.1 Å². The molecule has 5 nitrogen and oxygen atoms in total. The first kappa shape index (κ1) is 20.4. The Morgan fingerprint density at radius 1 is 1.04 bits per heavy atom. The van der Waals surface area contributed by atoms with E-state index in [-0.39, 0.29) is 5.91 Å². The number of ether oxygens (including phenoxy) is 1. The van der Waals surface area contributed by atoms with Gasteiger partial charge < -0.3 is 10.1 Å². The van der Waals surface area contributed by atoms with Crippen LogP contribution in [0.1, 0.15) is 22.3 Å². The average Bonchev–Trinajstić information content (AvgIpc) is 2.67. The van der Waals surface area contributed by atoms with Crippen LogP contribution < -0.4 is 10.1 Å². The molecule has 3 rings (SSSR count). The Morgan fingerprint density at radius 3 is 2.46 bits per heavy atom. The zero-order valence-corrected chi connectivity index (χ0v) is 17.4. The van der Waals surface area contributed by atoms with Crippen LogP contribution in [0.25, 0.3) is 0 Å². The van der Waals surface area contributed by atoms with Gasteiger partial charge in [0.05, 0.1) is 13.7 Å². The van der Waals surface area contributed by atoms with Crippen LogP contribution in [-0.2, 0) is 11.3 Å². The first-order chi connectivity index (χ1) is 13.5. The van der Waals surface area contributed by atoms with Crippen molar-refractivity contribution in [2.45, 2.75) is 27.3 Å². The van der Waals surface area contributed by atoms with E-state index in [9.17, 15) is 4.79 Å². The van der Waals surface area contributed by atoms with E-state index in [1.54, 1.807) is 7.11 Å². The Morgan fingerprint density at radius 2 is 1.75 bits per heavy atom. The summed E-state index contributed by atoms with van der Waals surface area (Å²) in [5, 5.41) is 3.06. The first-order valence-corrected chi connectivity index (χ1v) is 9.90. The third-order valence-corrected chi connectivity index (χ3v) is 5.54. The quantitative estimate of drug-likeness (QED) is 0.833. The number of carbonyl (C=O) groups excluding carboxylic acids is 1. The highest BCUT2D eigenvalue weighted by molar-refractivity contribution is 5.93. The van der Waals surface area contributed by atoms with Crippen molar-refractivity contribution in [1.82, 2.24) is 9.80 Å². The van der Waals surface area contributed by atoms with Crippen LogP contribution in [0, 0.1) is 20.8 Å². The van der Waals surface area contributed by atoms with Crippen molar-refractivity contribution in [2.24, 2.45) is 0 Å². The fraction of sp³-hybridized carbons (Fsp3) is 0.435. The molecule has 1 saturated heterocycles. The van der Waals surface area contributed by atoms with Gasteiger partial charge in [0.1, 0.15) is 5.75 Å². The molecule has 1 heterocycles. The lowest BCUT2D eigenvalue weighted by molar-refractivity contribution is -0.117. The summed E-state index contributed by atoms with van der Waals surface area (Å²) in [6.45, 7) is 11.2. The maximum atomic E-state index is 12.5. The minimum absolute atomic E-state index is 0.0579. The van der Waals surface area contributed by atoms with Gasteiger partial charge in [-0.15, -0.1) is 0 Å². The molecule has 2 aromatic carbocycles. The van der Waals surface area contributed by atoms with E-state index in [1.165, 1.54) is 16.7 Å². The molecule has 2 aromatic rings. The zero-order valence-electron chi connectivity index (χ0n) is 17.4. The van der Waals surface area contributed by atoms with Crippen LogP contribution in [-0.4, -0.2) is 55.5 Å². The normalized spacial score (nSPS) is 15.4. The van der Waals surface area contributed by atoms with Gasteiger partial charge in [-0.25, -0.2) is 0 Å². The van der Waals surface area contributed by atoms with Crippen LogP contribution in [0.2, 0.25) is 0 Å². The maximum Gasteiger partial charge on any atom is 0.238 e. The average molecular weight is 382 g/mol. The van der Waals surface area contributed by atoms with Gasteiger partial charge in [0.15, 0.2) is 0 Å². The molecule has 0 unspecified atom stereocenters. The lowest BCUT2D eigenvalue weighted by atomic mass is 10.1. The number of amides is 1. The second kappa shape index (κ2) is 9.22. The molecule has 0 bridgehead atoms. The van der Waals surface area contributed by atoms with Crippen molar-refractivity contribution in [1.29, 1.82) is 0 Å². The summed E-state index contributed by atoms with van der Waals surface area (Å²) in [7, 11) is 1.72. The summed E-state index contributed by atoms with van der Waals surface area (Å²) in [4.78, 5) is 17.1. The number of nitrogens with one attached hydrogen (secondary N) is 1. The largest absolute Gasteiger partial charge is 0.496 e. The third kappa shape index (κ3) is 5.12. The number of hydrogen-bond acceptors (Lipinski definition) is 4. The number of anilines is 1. The van der Waals surface area contributed by atoms with Gasteiger partial charge >= 0.3 is 0 Å². The van der Waals surface area contributed by atoms with E-state index < -0.39 is 0 Å². The molecule has 28 heavy (non-hydrogen) atoms. The number of hydrogen-bond donors (Lipinski definition) is 1. The number of methoxy groups -OCH3 is 1. The summed E-state index contributed by atoms with van der Waals surface area (Å²) >= 11 is 0. The number of piperazine rings is 1. The Hall–Kier alpha value is -2.37. The molecule has 1 aliphatic rings. The van der Waals surface area contributed by atoms with Crippen molar-refractivity contribution in [3.63, 3.8) is 0 Å². The van der Waals surface area contributed by atoms with Crippen molar-refractivity contribution in [2.75, 3.05) is 45.2 Å².